The number of hydrogen-bond acceptors (Lipinski definition) is 3. The van der Waals surface area contributed by atoms with E-state index >= 15 is 0 Å². The summed E-state index contributed by atoms with van der Waals surface area (Å²) in [4.78, 5) is 16.0. The van der Waals surface area contributed by atoms with Crippen LogP contribution in [0.25, 0.3) is 0 Å². The van der Waals surface area contributed by atoms with E-state index in [1.54, 1.807) is 0 Å². The molecule has 0 saturated carbocycles. The summed E-state index contributed by atoms with van der Waals surface area (Å²) in [5.41, 5.74) is 2.37. The highest BCUT2D eigenvalue weighted by Gasteiger charge is 2.29. The molecule has 18 heavy (non-hydrogen) atoms. The van der Waals surface area contributed by atoms with Crippen molar-refractivity contribution >= 4 is 11.6 Å². The standard InChI is InChI=1S/C14H21N3O/c1-11-4-6-12(7-5-11)17-9-13(8-15-2)16(3)14(18)10-17/h4-7,13,15H,8-10H2,1-3H3. The van der Waals surface area contributed by atoms with Gasteiger partial charge in [-0.05, 0) is 26.1 Å². The summed E-state index contributed by atoms with van der Waals surface area (Å²) in [7, 11) is 3.81. The Morgan fingerprint density at radius 3 is 2.61 bits per heavy atom. The lowest BCUT2D eigenvalue weighted by Crippen LogP contribution is -2.57. The summed E-state index contributed by atoms with van der Waals surface area (Å²) in [6, 6.07) is 8.59. The van der Waals surface area contributed by atoms with Crippen LogP contribution in [0.1, 0.15) is 5.56 Å². The van der Waals surface area contributed by atoms with Crippen molar-refractivity contribution < 1.29 is 4.79 Å². The summed E-state index contributed by atoms with van der Waals surface area (Å²) in [6.45, 7) is 4.25. The van der Waals surface area contributed by atoms with Crippen molar-refractivity contribution in [3.63, 3.8) is 0 Å². The van der Waals surface area contributed by atoms with Crippen LogP contribution in [-0.2, 0) is 4.79 Å². The minimum absolute atomic E-state index is 0.182. The fourth-order valence-corrected chi connectivity index (χ4v) is 2.31. The van der Waals surface area contributed by atoms with E-state index < -0.39 is 0 Å². The number of benzene rings is 1. The summed E-state index contributed by atoms with van der Waals surface area (Å²) >= 11 is 0. The molecule has 4 nitrogen and oxygen atoms in total. The zero-order chi connectivity index (χ0) is 13.1. The fourth-order valence-electron chi connectivity index (χ4n) is 2.31. The van der Waals surface area contributed by atoms with Gasteiger partial charge in [-0.25, -0.2) is 0 Å². The lowest BCUT2D eigenvalue weighted by Gasteiger charge is -2.40. The molecular weight excluding hydrogens is 226 g/mol. The molecule has 1 aliphatic heterocycles. The van der Waals surface area contributed by atoms with Gasteiger partial charge in [-0.1, -0.05) is 17.7 Å². The first-order valence-corrected chi connectivity index (χ1v) is 6.33. The molecule has 1 amide bonds. The first-order chi connectivity index (χ1) is 8.61. The van der Waals surface area contributed by atoms with Gasteiger partial charge in [0.15, 0.2) is 0 Å². The van der Waals surface area contributed by atoms with Crippen LogP contribution >= 0.6 is 0 Å². The molecule has 0 aromatic heterocycles. The van der Waals surface area contributed by atoms with Crippen LogP contribution in [0.2, 0.25) is 0 Å². The Labute approximate surface area is 109 Å². The van der Waals surface area contributed by atoms with E-state index in [1.165, 1.54) is 5.56 Å². The number of rotatable bonds is 3. The Balaban J connectivity index is 2.14. The highest BCUT2D eigenvalue weighted by Crippen LogP contribution is 2.19. The Bertz CT molecular complexity index is 416. The third kappa shape index (κ3) is 2.64. The van der Waals surface area contributed by atoms with Crippen molar-refractivity contribution in [2.45, 2.75) is 13.0 Å². The zero-order valence-corrected chi connectivity index (χ0v) is 11.3. The van der Waals surface area contributed by atoms with Crippen molar-refractivity contribution in [2.24, 2.45) is 0 Å². The predicted octanol–water partition coefficient (Wildman–Crippen LogP) is 0.861. The molecule has 1 aromatic rings. The summed E-state index contributed by atoms with van der Waals surface area (Å²) in [5.74, 6) is 0.182. The zero-order valence-electron chi connectivity index (χ0n) is 11.3. The molecule has 1 saturated heterocycles. The van der Waals surface area contributed by atoms with Gasteiger partial charge in [0.05, 0.1) is 12.6 Å². The molecule has 1 fully saturated rings. The molecule has 1 atom stereocenters. The maximum Gasteiger partial charge on any atom is 0.242 e. The molecule has 0 bridgehead atoms. The third-order valence-electron chi connectivity index (χ3n) is 3.54. The van der Waals surface area contributed by atoms with Gasteiger partial charge in [-0.15, -0.1) is 0 Å². The topological polar surface area (TPSA) is 35.6 Å². The van der Waals surface area contributed by atoms with Crippen LogP contribution in [0.4, 0.5) is 5.69 Å². The number of hydrogen-bond donors (Lipinski definition) is 1. The Hall–Kier alpha value is -1.55. The molecule has 0 radical (unpaired) electrons. The second kappa shape index (κ2) is 5.40. The van der Waals surface area contributed by atoms with Crippen molar-refractivity contribution in [3.05, 3.63) is 29.8 Å². The monoisotopic (exact) mass is 247 g/mol. The van der Waals surface area contributed by atoms with E-state index in [0.29, 0.717) is 6.54 Å². The minimum atomic E-state index is 0.182. The quantitative estimate of drug-likeness (QED) is 0.860. The van der Waals surface area contributed by atoms with Gasteiger partial charge in [0, 0.05) is 25.8 Å². The van der Waals surface area contributed by atoms with Crippen molar-refractivity contribution in [2.75, 3.05) is 38.6 Å². The number of anilines is 1. The molecular formula is C14H21N3O. The highest BCUT2D eigenvalue weighted by atomic mass is 16.2. The molecule has 0 aliphatic carbocycles. The number of aryl methyl sites for hydroxylation is 1. The van der Waals surface area contributed by atoms with E-state index in [1.807, 2.05) is 19.0 Å². The molecule has 1 unspecified atom stereocenters. The maximum atomic E-state index is 12.0. The highest BCUT2D eigenvalue weighted by molar-refractivity contribution is 5.83. The average molecular weight is 247 g/mol. The second-order valence-electron chi connectivity index (χ2n) is 4.93. The molecule has 1 aromatic carbocycles. The summed E-state index contributed by atoms with van der Waals surface area (Å²) in [6.07, 6.45) is 0. The average Bonchev–Trinajstić information content (AvgIpc) is 2.36. The van der Waals surface area contributed by atoms with Crippen molar-refractivity contribution in [1.29, 1.82) is 0 Å². The van der Waals surface area contributed by atoms with Crippen LogP contribution in [-0.4, -0.2) is 50.6 Å². The van der Waals surface area contributed by atoms with E-state index in [-0.39, 0.29) is 11.9 Å². The molecule has 1 N–H and O–H groups in total. The number of piperazine rings is 1. The summed E-state index contributed by atoms with van der Waals surface area (Å²) < 4.78 is 0. The Morgan fingerprint density at radius 1 is 1.33 bits per heavy atom. The number of carbonyl (C=O) groups excluding carboxylic acids is 1. The third-order valence-corrected chi connectivity index (χ3v) is 3.54. The Kier molecular flexibility index (Phi) is 3.87. The molecule has 4 heteroatoms. The molecule has 1 aliphatic rings. The number of likely N-dealkylation sites (N-methyl/N-ethyl adjacent to an activating group) is 2. The predicted molar refractivity (Wildman–Crippen MR) is 73.9 cm³/mol. The lowest BCUT2D eigenvalue weighted by molar-refractivity contribution is -0.131. The van der Waals surface area contributed by atoms with E-state index in [0.717, 1.165) is 18.8 Å². The normalized spacial score (nSPS) is 20.4. The fraction of sp³-hybridized carbons (Fsp3) is 0.500. The molecule has 0 spiro atoms. The van der Waals surface area contributed by atoms with Crippen LogP contribution in [0.15, 0.2) is 24.3 Å². The van der Waals surface area contributed by atoms with Gasteiger partial charge >= 0.3 is 0 Å². The van der Waals surface area contributed by atoms with Crippen molar-refractivity contribution in [1.82, 2.24) is 10.2 Å². The van der Waals surface area contributed by atoms with E-state index in [9.17, 15) is 4.79 Å². The van der Waals surface area contributed by atoms with Crippen LogP contribution in [0.5, 0.6) is 0 Å². The summed E-state index contributed by atoms with van der Waals surface area (Å²) in [5, 5.41) is 3.15. The maximum absolute atomic E-state index is 12.0. The largest absolute Gasteiger partial charge is 0.360 e. The number of nitrogens with one attached hydrogen (secondary N) is 1. The Morgan fingerprint density at radius 2 is 2.00 bits per heavy atom. The first kappa shape index (κ1) is 12.9. The first-order valence-electron chi connectivity index (χ1n) is 6.33. The molecule has 1 heterocycles. The van der Waals surface area contributed by atoms with Crippen molar-refractivity contribution in [3.8, 4) is 0 Å². The van der Waals surface area contributed by atoms with E-state index in [2.05, 4.69) is 41.4 Å². The van der Waals surface area contributed by atoms with Crippen LogP contribution in [0.3, 0.4) is 0 Å². The second-order valence-corrected chi connectivity index (χ2v) is 4.93. The molecule has 98 valence electrons. The molecule has 2 rings (SSSR count). The van der Waals surface area contributed by atoms with Gasteiger partial charge in [0.25, 0.3) is 0 Å². The van der Waals surface area contributed by atoms with Crippen LogP contribution in [0, 0.1) is 6.92 Å². The van der Waals surface area contributed by atoms with E-state index in [4.69, 9.17) is 0 Å². The minimum Gasteiger partial charge on any atom is -0.360 e. The lowest BCUT2D eigenvalue weighted by atomic mass is 10.1. The SMILES string of the molecule is CNCC1CN(c2ccc(C)cc2)CC(=O)N1C. The van der Waals surface area contributed by atoms with Gasteiger partial charge in [-0.3, -0.25) is 4.79 Å². The number of amides is 1. The number of nitrogens with zero attached hydrogens (tertiary/aromatic N) is 2. The van der Waals surface area contributed by atoms with Gasteiger partial charge < -0.3 is 15.1 Å². The number of carbonyl (C=O) groups is 1. The van der Waals surface area contributed by atoms with Gasteiger partial charge in [-0.2, -0.15) is 0 Å². The van der Waals surface area contributed by atoms with Crippen LogP contribution < -0.4 is 10.2 Å². The van der Waals surface area contributed by atoms with Gasteiger partial charge in [0.1, 0.15) is 0 Å². The van der Waals surface area contributed by atoms with Gasteiger partial charge in [0.2, 0.25) is 5.91 Å². The smallest absolute Gasteiger partial charge is 0.242 e.